The van der Waals surface area contributed by atoms with Crippen molar-refractivity contribution in [2.24, 2.45) is 0 Å². The minimum atomic E-state index is -0.456. The van der Waals surface area contributed by atoms with E-state index >= 15 is 0 Å². The van der Waals surface area contributed by atoms with Gasteiger partial charge in [-0.15, -0.1) is 0 Å². The summed E-state index contributed by atoms with van der Waals surface area (Å²) in [5.74, 6) is 1.60. The van der Waals surface area contributed by atoms with Gasteiger partial charge in [-0.1, -0.05) is 12.5 Å². The van der Waals surface area contributed by atoms with Crippen LogP contribution in [0.25, 0.3) is 0 Å². The van der Waals surface area contributed by atoms with Crippen molar-refractivity contribution in [2.75, 3.05) is 34.5 Å². The molecule has 9 heteroatoms. The van der Waals surface area contributed by atoms with E-state index in [9.17, 15) is 14.4 Å². The third kappa shape index (κ3) is 9.17. The molecule has 0 aromatic heterocycles. The number of hydrogen-bond acceptors (Lipinski definition) is 8. The molecule has 2 aromatic rings. The van der Waals surface area contributed by atoms with Crippen LogP contribution in [-0.4, -0.2) is 58.2 Å². The molecule has 40 heavy (non-hydrogen) atoms. The highest BCUT2D eigenvalue weighted by Gasteiger charge is 2.23. The number of carbonyl (C=O) groups excluding carboxylic acids is 3. The van der Waals surface area contributed by atoms with Crippen LogP contribution >= 0.6 is 0 Å². The number of rotatable bonds is 9. The van der Waals surface area contributed by atoms with E-state index in [1.165, 1.54) is 7.11 Å². The molecule has 0 spiro atoms. The van der Waals surface area contributed by atoms with Gasteiger partial charge in [-0.25, -0.2) is 4.79 Å². The summed E-state index contributed by atoms with van der Waals surface area (Å²) in [6.45, 7) is 2.08. The van der Waals surface area contributed by atoms with Gasteiger partial charge in [-0.2, -0.15) is 0 Å². The van der Waals surface area contributed by atoms with E-state index in [2.05, 4.69) is 5.32 Å². The summed E-state index contributed by atoms with van der Waals surface area (Å²) in [5, 5.41) is 2.86. The molecule has 218 valence electrons. The molecule has 1 amide bonds. The van der Waals surface area contributed by atoms with Gasteiger partial charge in [-0.3, -0.25) is 9.59 Å². The van der Waals surface area contributed by atoms with Crippen LogP contribution < -0.4 is 24.3 Å². The second-order valence-corrected chi connectivity index (χ2v) is 9.95. The predicted molar refractivity (Wildman–Crippen MR) is 151 cm³/mol. The lowest BCUT2D eigenvalue weighted by atomic mass is 9.98. The highest BCUT2D eigenvalue weighted by atomic mass is 16.5. The first-order chi connectivity index (χ1) is 19.3. The standard InChI is InChI=1S/C31H41NO8/c1-21-9-8-12-24(33)11-7-5-6-10-23-18-25(19-28(38-4)30(23)31(35)40-21)39-20-29(34)32-16-15-22-13-14-26(36-2)27(17-22)37-3/h13-14,17-19,21H,5-12,15-16,20H2,1-4H3,(H,32,34)/t21-/m1/s1. The number of hydrogen-bond donors (Lipinski definition) is 1. The van der Waals surface area contributed by atoms with Crippen molar-refractivity contribution in [1.82, 2.24) is 5.32 Å². The molecule has 1 atom stereocenters. The normalized spacial score (nSPS) is 16.6. The van der Waals surface area contributed by atoms with Crippen LogP contribution in [-0.2, 0) is 27.2 Å². The number of fused-ring (bicyclic) bond motifs is 1. The first-order valence-corrected chi connectivity index (χ1v) is 13.9. The molecule has 1 heterocycles. The predicted octanol–water partition coefficient (Wildman–Crippen LogP) is 4.85. The average molecular weight is 556 g/mol. The molecule has 0 aliphatic carbocycles. The summed E-state index contributed by atoms with van der Waals surface area (Å²) in [7, 11) is 4.66. The van der Waals surface area contributed by atoms with Crippen LogP contribution in [0.1, 0.15) is 73.4 Å². The van der Waals surface area contributed by atoms with Gasteiger partial charge in [-0.05, 0) is 74.8 Å². The zero-order chi connectivity index (χ0) is 28.9. The number of nitrogens with one attached hydrogen (secondary N) is 1. The van der Waals surface area contributed by atoms with Gasteiger partial charge in [0.05, 0.1) is 27.4 Å². The highest BCUT2D eigenvalue weighted by Crippen LogP contribution is 2.32. The van der Waals surface area contributed by atoms with Gasteiger partial charge in [0.1, 0.15) is 22.8 Å². The highest BCUT2D eigenvalue weighted by molar-refractivity contribution is 5.94. The Labute approximate surface area is 236 Å². The van der Waals surface area contributed by atoms with Gasteiger partial charge in [0.25, 0.3) is 5.91 Å². The molecule has 1 aliphatic heterocycles. The van der Waals surface area contributed by atoms with E-state index in [1.54, 1.807) is 26.4 Å². The van der Waals surface area contributed by atoms with Crippen LogP contribution in [0.3, 0.4) is 0 Å². The first-order valence-electron chi connectivity index (χ1n) is 13.9. The van der Waals surface area contributed by atoms with Crippen molar-refractivity contribution in [1.29, 1.82) is 0 Å². The molecule has 1 N–H and O–H groups in total. The number of ketones is 1. The molecule has 0 saturated carbocycles. The number of esters is 1. The summed E-state index contributed by atoms with van der Waals surface area (Å²) in [6, 6.07) is 9.03. The average Bonchev–Trinajstić information content (AvgIpc) is 2.94. The molecule has 2 aromatic carbocycles. The Bertz CT molecular complexity index is 1160. The maximum Gasteiger partial charge on any atom is 0.342 e. The van der Waals surface area contributed by atoms with Crippen molar-refractivity contribution in [3.8, 4) is 23.0 Å². The SMILES string of the molecule is COc1ccc(CCNC(=O)COc2cc3c(c(OC)c2)C(=O)O[C@H](C)CCCC(=O)CCCCC3)cc1OC. The van der Waals surface area contributed by atoms with Gasteiger partial charge >= 0.3 is 5.97 Å². The topological polar surface area (TPSA) is 109 Å². The molecule has 0 saturated heterocycles. The molecule has 0 unspecified atom stereocenters. The van der Waals surface area contributed by atoms with E-state index in [0.29, 0.717) is 73.6 Å². The Hall–Kier alpha value is -3.75. The van der Waals surface area contributed by atoms with E-state index in [1.807, 2.05) is 25.1 Å². The Morgan fingerprint density at radius 2 is 1.62 bits per heavy atom. The second kappa shape index (κ2) is 15.7. The third-order valence-electron chi connectivity index (χ3n) is 6.91. The van der Waals surface area contributed by atoms with Crippen molar-refractivity contribution < 1.29 is 38.1 Å². The number of cyclic esters (lactones) is 1. The molecule has 0 fully saturated rings. The first kappa shape index (κ1) is 30.8. The van der Waals surface area contributed by atoms with Crippen LogP contribution in [0, 0.1) is 0 Å². The Morgan fingerprint density at radius 1 is 0.900 bits per heavy atom. The van der Waals surface area contributed by atoms with E-state index in [0.717, 1.165) is 30.4 Å². The smallest absolute Gasteiger partial charge is 0.342 e. The van der Waals surface area contributed by atoms with Gasteiger partial charge in [0.2, 0.25) is 0 Å². The van der Waals surface area contributed by atoms with Gasteiger partial charge in [0.15, 0.2) is 18.1 Å². The van der Waals surface area contributed by atoms with Gasteiger partial charge in [0, 0.05) is 25.5 Å². The number of aryl methyl sites for hydroxylation is 1. The molecule has 0 radical (unpaired) electrons. The Morgan fingerprint density at radius 3 is 2.38 bits per heavy atom. The number of methoxy groups -OCH3 is 3. The lowest BCUT2D eigenvalue weighted by Crippen LogP contribution is -2.30. The molecular formula is C31H41NO8. The fraction of sp³-hybridized carbons (Fsp3) is 0.516. The van der Waals surface area contributed by atoms with Crippen molar-refractivity contribution in [3.63, 3.8) is 0 Å². The largest absolute Gasteiger partial charge is 0.496 e. The fourth-order valence-electron chi connectivity index (χ4n) is 4.73. The summed E-state index contributed by atoms with van der Waals surface area (Å²) in [5.41, 5.74) is 2.12. The zero-order valence-corrected chi connectivity index (χ0v) is 24.0. The van der Waals surface area contributed by atoms with Crippen molar-refractivity contribution in [3.05, 3.63) is 47.0 Å². The van der Waals surface area contributed by atoms with E-state index in [-0.39, 0.29) is 24.4 Å². The molecule has 3 rings (SSSR count). The number of ether oxygens (including phenoxy) is 5. The fourth-order valence-corrected chi connectivity index (χ4v) is 4.73. The van der Waals surface area contributed by atoms with Crippen LogP contribution in [0.4, 0.5) is 0 Å². The molecule has 9 nitrogen and oxygen atoms in total. The zero-order valence-electron chi connectivity index (χ0n) is 24.0. The number of Topliss-reactive ketones (excluding diaryl/α,β-unsaturated/α-hetero) is 1. The lowest BCUT2D eigenvalue weighted by Gasteiger charge is -2.19. The number of carbonyl (C=O) groups is 3. The maximum absolute atomic E-state index is 13.1. The van der Waals surface area contributed by atoms with Crippen molar-refractivity contribution >= 4 is 17.7 Å². The Balaban J connectivity index is 1.64. The molecule has 0 bridgehead atoms. The van der Waals surface area contributed by atoms with Crippen LogP contribution in [0.2, 0.25) is 0 Å². The van der Waals surface area contributed by atoms with Gasteiger partial charge < -0.3 is 29.0 Å². The quantitative estimate of drug-likeness (QED) is 0.438. The second-order valence-electron chi connectivity index (χ2n) is 9.95. The lowest BCUT2D eigenvalue weighted by molar-refractivity contribution is -0.123. The molecule has 1 aliphatic rings. The maximum atomic E-state index is 13.1. The summed E-state index contributed by atoms with van der Waals surface area (Å²) in [6.07, 6.45) is 5.80. The van der Waals surface area contributed by atoms with E-state index in [4.69, 9.17) is 23.7 Å². The monoisotopic (exact) mass is 555 g/mol. The Kier molecular flexibility index (Phi) is 12.1. The van der Waals surface area contributed by atoms with Crippen LogP contribution in [0.5, 0.6) is 23.0 Å². The summed E-state index contributed by atoms with van der Waals surface area (Å²) < 4.78 is 27.6. The van der Waals surface area contributed by atoms with E-state index < -0.39 is 5.97 Å². The number of amides is 1. The summed E-state index contributed by atoms with van der Waals surface area (Å²) >= 11 is 0. The minimum absolute atomic E-state index is 0.183. The summed E-state index contributed by atoms with van der Waals surface area (Å²) in [4.78, 5) is 37.7. The minimum Gasteiger partial charge on any atom is -0.496 e. The van der Waals surface area contributed by atoms with Crippen LogP contribution in [0.15, 0.2) is 30.3 Å². The number of benzene rings is 2. The third-order valence-corrected chi connectivity index (χ3v) is 6.91. The van der Waals surface area contributed by atoms with Crippen molar-refractivity contribution in [2.45, 2.75) is 70.8 Å². The molecular weight excluding hydrogens is 514 g/mol.